The van der Waals surface area contributed by atoms with Crippen molar-refractivity contribution in [2.24, 2.45) is 5.92 Å². The average Bonchev–Trinajstić information content (AvgIpc) is 2.28. The van der Waals surface area contributed by atoms with Crippen LogP contribution in [0.1, 0.15) is 25.0 Å². The summed E-state index contributed by atoms with van der Waals surface area (Å²) in [6.07, 6.45) is -0.418. The fourth-order valence-corrected chi connectivity index (χ4v) is 1.52. The van der Waals surface area contributed by atoms with Gasteiger partial charge in [0.1, 0.15) is 0 Å². The fourth-order valence-electron chi connectivity index (χ4n) is 1.52. The largest absolute Gasteiger partial charge is 0.388 e. The van der Waals surface area contributed by atoms with E-state index in [0.717, 1.165) is 6.07 Å². The molecular formula is C12H16F2O2. The Kier molecular flexibility index (Phi) is 4.83. The lowest BCUT2D eigenvalue weighted by atomic mass is 9.94. The van der Waals surface area contributed by atoms with Crippen molar-refractivity contribution >= 4 is 0 Å². The van der Waals surface area contributed by atoms with Crippen LogP contribution in [0, 0.1) is 17.6 Å². The maximum Gasteiger partial charge on any atom is 0.164 e. The standard InChI is InChI=1S/C12H16F2O2/c1-8(6-7-16-2)12(15)9-4-3-5-10(13)11(9)14/h3-5,8,12,15H,6-7H2,1-2H3. The molecule has 1 N–H and O–H groups in total. The molecule has 1 rings (SSSR count). The van der Waals surface area contributed by atoms with Crippen molar-refractivity contribution in [2.75, 3.05) is 13.7 Å². The van der Waals surface area contributed by atoms with Gasteiger partial charge in [-0.15, -0.1) is 0 Å². The second-order valence-corrected chi connectivity index (χ2v) is 3.85. The molecule has 2 nitrogen and oxygen atoms in total. The van der Waals surface area contributed by atoms with E-state index in [2.05, 4.69) is 0 Å². The number of methoxy groups -OCH3 is 1. The topological polar surface area (TPSA) is 29.5 Å². The van der Waals surface area contributed by atoms with Gasteiger partial charge in [-0.1, -0.05) is 19.1 Å². The Morgan fingerprint density at radius 2 is 2.06 bits per heavy atom. The zero-order chi connectivity index (χ0) is 12.1. The minimum Gasteiger partial charge on any atom is -0.388 e. The third-order valence-electron chi connectivity index (χ3n) is 2.62. The highest BCUT2D eigenvalue weighted by Gasteiger charge is 2.21. The van der Waals surface area contributed by atoms with Gasteiger partial charge in [-0.2, -0.15) is 0 Å². The first-order chi connectivity index (χ1) is 7.57. The van der Waals surface area contributed by atoms with Gasteiger partial charge < -0.3 is 9.84 Å². The minimum atomic E-state index is -1.01. The predicted molar refractivity (Wildman–Crippen MR) is 57.0 cm³/mol. The quantitative estimate of drug-likeness (QED) is 0.842. The lowest BCUT2D eigenvalue weighted by Crippen LogP contribution is -2.13. The van der Waals surface area contributed by atoms with Crippen LogP contribution in [0.15, 0.2) is 18.2 Å². The SMILES string of the molecule is COCCC(C)C(O)c1cccc(F)c1F. The van der Waals surface area contributed by atoms with Crippen molar-refractivity contribution in [2.45, 2.75) is 19.4 Å². The Hall–Kier alpha value is -1.00. The summed E-state index contributed by atoms with van der Waals surface area (Å²) in [5, 5.41) is 9.86. The van der Waals surface area contributed by atoms with Gasteiger partial charge in [0.2, 0.25) is 0 Å². The first-order valence-electron chi connectivity index (χ1n) is 5.18. The predicted octanol–water partition coefficient (Wildman–Crippen LogP) is 2.67. The number of aliphatic hydroxyl groups excluding tert-OH is 1. The van der Waals surface area contributed by atoms with Crippen LogP contribution in [0.4, 0.5) is 8.78 Å². The Morgan fingerprint density at radius 1 is 1.38 bits per heavy atom. The summed E-state index contributed by atoms with van der Waals surface area (Å²) in [5.74, 6) is -2.09. The van der Waals surface area contributed by atoms with Crippen molar-refractivity contribution < 1.29 is 18.6 Å². The maximum absolute atomic E-state index is 13.4. The van der Waals surface area contributed by atoms with Crippen molar-refractivity contribution in [1.29, 1.82) is 0 Å². The Labute approximate surface area is 93.9 Å². The highest BCUT2D eigenvalue weighted by molar-refractivity contribution is 5.21. The summed E-state index contributed by atoms with van der Waals surface area (Å²) in [7, 11) is 1.56. The number of rotatable bonds is 5. The van der Waals surface area contributed by atoms with E-state index in [9.17, 15) is 13.9 Å². The van der Waals surface area contributed by atoms with Gasteiger partial charge in [-0.05, 0) is 18.4 Å². The van der Waals surface area contributed by atoms with Crippen LogP contribution in [0.25, 0.3) is 0 Å². The number of halogens is 2. The molecule has 0 fully saturated rings. The number of aliphatic hydroxyl groups is 1. The molecular weight excluding hydrogens is 214 g/mol. The Morgan fingerprint density at radius 3 is 2.69 bits per heavy atom. The van der Waals surface area contributed by atoms with Crippen LogP contribution in [0.3, 0.4) is 0 Å². The fraction of sp³-hybridized carbons (Fsp3) is 0.500. The van der Waals surface area contributed by atoms with E-state index < -0.39 is 17.7 Å². The molecule has 0 saturated carbocycles. The van der Waals surface area contributed by atoms with Crippen LogP contribution in [-0.2, 0) is 4.74 Å². The molecule has 0 aromatic heterocycles. The normalized spacial score (nSPS) is 14.8. The van der Waals surface area contributed by atoms with Gasteiger partial charge >= 0.3 is 0 Å². The van der Waals surface area contributed by atoms with Crippen LogP contribution >= 0.6 is 0 Å². The third-order valence-corrected chi connectivity index (χ3v) is 2.62. The first kappa shape index (κ1) is 13.1. The van der Waals surface area contributed by atoms with Gasteiger partial charge in [0.15, 0.2) is 11.6 Å². The molecule has 4 heteroatoms. The van der Waals surface area contributed by atoms with E-state index >= 15 is 0 Å². The number of ether oxygens (including phenoxy) is 1. The van der Waals surface area contributed by atoms with Gasteiger partial charge in [-0.3, -0.25) is 0 Å². The molecule has 0 bridgehead atoms. The maximum atomic E-state index is 13.4. The first-order valence-corrected chi connectivity index (χ1v) is 5.18. The molecule has 0 radical (unpaired) electrons. The summed E-state index contributed by atoms with van der Waals surface area (Å²) in [5.41, 5.74) is 0.00334. The van der Waals surface area contributed by atoms with E-state index in [1.54, 1.807) is 14.0 Å². The monoisotopic (exact) mass is 230 g/mol. The summed E-state index contributed by atoms with van der Waals surface area (Å²) >= 11 is 0. The summed E-state index contributed by atoms with van der Waals surface area (Å²) in [4.78, 5) is 0. The second-order valence-electron chi connectivity index (χ2n) is 3.85. The van der Waals surface area contributed by atoms with Gasteiger partial charge in [0, 0.05) is 19.3 Å². The van der Waals surface area contributed by atoms with E-state index in [1.807, 2.05) is 0 Å². The van der Waals surface area contributed by atoms with Crippen LogP contribution < -0.4 is 0 Å². The van der Waals surface area contributed by atoms with Crippen molar-refractivity contribution in [1.82, 2.24) is 0 Å². The lowest BCUT2D eigenvalue weighted by Gasteiger charge is -2.19. The Bertz CT molecular complexity index is 342. The van der Waals surface area contributed by atoms with Gasteiger partial charge in [-0.25, -0.2) is 8.78 Å². The number of benzene rings is 1. The summed E-state index contributed by atoms with van der Waals surface area (Å²) in [6, 6.07) is 3.82. The third kappa shape index (κ3) is 3.00. The van der Waals surface area contributed by atoms with E-state index in [4.69, 9.17) is 4.74 Å². The second kappa shape index (κ2) is 5.92. The molecule has 1 aromatic carbocycles. The molecule has 0 heterocycles. The molecule has 2 unspecified atom stereocenters. The molecule has 0 amide bonds. The van der Waals surface area contributed by atoms with E-state index in [-0.39, 0.29) is 11.5 Å². The highest BCUT2D eigenvalue weighted by Crippen LogP contribution is 2.27. The number of hydrogen-bond donors (Lipinski definition) is 1. The molecule has 0 aliphatic rings. The smallest absolute Gasteiger partial charge is 0.164 e. The zero-order valence-corrected chi connectivity index (χ0v) is 9.41. The van der Waals surface area contributed by atoms with Crippen LogP contribution in [0.2, 0.25) is 0 Å². The lowest BCUT2D eigenvalue weighted by molar-refractivity contribution is 0.0853. The van der Waals surface area contributed by atoms with Crippen molar-refractivity contribution in [3.63, 3.8) is 0 Å². The average molecular weight is 230 g/mol. The highest BCUT2D eigenvalue weighted by atomic mass is 19.2. The van der Waals surface area contributed by atoms with Gasteiger partial charge in [0.05, 0.1) is 6.10 Å². The molecule has 1 aromatic rings. The zero-order valence-electron chi connectivity index (χ0n) is 9.41. The van der Waals surface area contributed by atoms with Crippen molar-refractivity contribution in [3.05, 3.63) is 35.4 Å². The molecule has 2 atom stereocenters. The summed E-state index contributed by atoms with van der Waals surface area (Å²) < 4.78 is 31.2. The van der Waals surface area contributed by atoms with Crippen LogP contribution in [0.5, 0.6) is 0 Å². The van der Waals surface area contributed by atoms with Crippen LogP contribution in [-0.4, -0.2) is 18.8 Å². The molecule has 0 aliphatic heterocycles. The molecule has 16 heavy (non-hydrogen) atoms. The summed E-state index contributed by atoms with van der Waals surface area (Å²) in [6.45, 7) is 2.25. The Balaban J connectivity index is 2.79. The molecule has 0 saturated heterocycles. The van der Waals surface area contributed by atoms with E-state index in [0.29, 0.717) is 13.0 Å². The molecule has 90 valence electrons. The molecule has 0 aliphatic carbocycles. The van der Waals surface area contributed by atoms with Crippen molar-refractivity contribution in [3.8, 4) is 0 Å². The molecule has 0 spiro atoms. The van der Waals surface area contributed by atoms with Gasteiger partial charge in [0.25, 0.3) is 0 Å². The number of hydrogen-bond acceptors (Lipinski definition) is 2. The van der Waals surface area contributed by atoms with E-state index in [1.165, 1.54) is 12.1 Å². The minimum absolute atomic E-state index is 0.00334.